The molecule has 3 aromatic carbocycles. The van der Waals surface area contributed by atoms with Gasteiger partial charge < -0.3 is 4.74 Å². The van der Waals surface area contributed by atoms with Crippen LogP contribution in [0.2, 0.25) is 0 Å². The lowest BCUT2D eigenvalue weighted by atomic mass is 10.1. The Morgan fingerprint density at radius 1 is 1.03 bits per heavy atom. The molecule has 10 nitrogen and oxygen atoms in total. The van der Waals surface area contributed by atoms with Crippen molar-refractivity contribution in [2.24, 2.45) is 0 Å². The Labute approximate surface area is 218 Å². The SMILES string of the molecule is Cc1nnc(S[C@H](C[N+](=O)[O-])c2ccc(OCc3cccc([N+](=O)[O-])c3)c(Br)c2)n1-c1ccccc1. The second-order valence-corrected chi connectivity index (χ2v) is 9.75. The van der Waals surface area contributed by atoms with Crippen molar-refractivity contribution >= 4 is 33.4 Å². The first-order chi connectivity index (χ1) is 17.3. The van der Waals surface area contributed by atoms with Gasteiger partial charge >= 0.3 is 0 Å². The minimum atomic E-state index is -0.534. The van der Waals surface area contributed by atoms with Crippen LogP contribution in [0.3, 0.4) is 0 Å². The molecule has 4 aromatic rings. The van der Waals surface area contributed by atoms with Crippen molar-refractivity contribution in [1.29, 1.82) is 0 Å². The fourth-order valence-corrected chi connectivity index (χ4v) is 5.20. The van der Waals surface area contributed by atoms with Crippen molar-refractivity contribution in [3.63, 3.8) is 0 Å². The van der Waals surface area contributed by atoms with E-state index in [1.807, 2.05) is 41.8 Å². The average molecular weight is 570 g/mol. The predicted molar refractivity (Wildman–Crippen MR) is 138 cm³/mol. The van der Waals surface area contributed by atoms with Gasteiger partial charge in [-0.05, 0) is 58.2 Å². The highest BCUT2D eigenvalue weighted by Crippen LogP contribution is 2.38. The van der Waals surface area contributed by atoms with Crippen LogP contribution in [0.1, 0.15) is 22.2 Å². The van der Waals surface area contributed by atoms with E-state index in [2.05, 4.69) is 26.1 Å². The van der Waals surface area contributed by atoms with Gasteiger partial charge in [0.15, 0.2) is 5.16 Å². The molecule has 0 amide bonds. The van der Waals surface area contributed by atoms with E-state index in [0.29, 0.717) is 32.3 Å². The summed E-state index contributed by atoms with van der Waals surface area (Å²) in [6.45, 7) is 1.65. The van der Waals surface area contributed by atoms with Crippen molar-refractivity contribution in [3.05, 3.63) is 114 Å². The molecule has 0 fully saturated rings. The maximum atomic E-state index is 11.5. The van der Waals surface area contributed by atoms with E-state index in [9.17, 15) is 20.2 Å². The Balaban J connectivity index is 1.55. The molecule has 0 aliphatic heterocycles. The number of para-hydroxylation sites is 1. The van der Waals surface area contributed by atoms with Crippen LogP contribution in [0.15, 0.2) is 82.4 Å². The van der Waals surface area contributed by atoms with Gasteiger partial charge in [-0.1, -0.05) is 48.2 Å². The molecular formula is C24H20BrN5O5S. The molecule has 0 aliphatic rings. The van der Waals surface area contributed by atoms with Gasteiger partial charge in [-0.2, -0.15) is 0 Å². The third kappa shape index (κ3) is 6.07. The van der Waals surface area contributed by atoms with Crippen LogP contribution in [0.5, 0.6) is 5.75 Å². The maximum absolute atomic E-state index is 11.5. The largest absolute Gasteiger partial charge is 0.488 e. The van der Waals surface area contributed by atoms with Crippen LogP contribution in [-0.2, 0) is 6.61 Å². The Morgan fingerprint density at radius 3 is 2.50 bits per heavy atom. The smallest absolute Gasteiger partial charge is 0.269 e. The zero-order chi connectivity index (χ0) is 25.7. The van der Waals surface area contributed by atoms with Crippen LogP contribution in [0.4, 0.5) is 5.69 Å². The molecule has 0 spiro atoms. The third-order valence-corrected chi connectivity index (χ3v) is 7.02. The molecule has 0 saturated carbocycles. The van der Waals surface area contributed by atoms with Crippen LogP contribution < -0.4 is 4.74 Å². The van der Waals surface area contributed by atoms with Gasteiger partial charge in [-0.25, -0.2) is 0 Å². The lowest BCUT2D eigenvalue weighted by Gasteiger charge is -2.16. The summed E-state index contributed by atoms with van der Waals surface area (Å²) in [4.78, 5) is 21.7. The van der Waals surface area contributed by atoms with Crippen molar-refractivity contribution in [2.45, 2.75) is 23.9 Å². The number of aromatic nitrogens is 3. The summed E-state index contributed by atoms with van der Waals surface area (Å²) in [6.07, 6.45) is 0. The standard InChI is InChI=1S/C24H20BrN5O5S/c1-16-26-27-24(29(16)19-7-3-2-4-8-19)36-23(14-28(31)32)18-10-11-22(21(25)13-18)35-15-17-6-5-9-20(12-17)30(33)34/h2-13,23H,14-15H2,1H3/t23-/m1/s1. The number of nitrogens with zero attached hydrogens (tertiary/aromatic N) is 5. The minimum Gasteiger partial charge on any atom is -0.488 e. The second kappa shape index (κ2) is 11.3. The first kappa shape index (κ1) is 25.3. The number of non-ortho nitro benzene ring substituents is 1. The quantitative estimate of drug-likeness (QED) is 0.130. The van der Waals surface area contributed by atoms with E-state index in [1.165, 1.54) is 23.9 Å². The zero-order valence-corrected chi connectivity index (χ0v) is 21.4. The Kier molecular flexibility index (Phi) is 7.96. The normalized spacial score (nSPS) is 11.7. The van der Waals surface area contributed by atoms with E-state index in [4.69, 9.17) is 4.74 Å². The molecule has 1 aromatic heterocycles. The summed E-state index contributed by atoms with van der Waals surface area (Å²) >= 11 is 4.75. The number of rotatable bonds is 10. The number of hydrogen-bond donors (Lipinski definition) is 0. The monoisotopic (exact) mass is 569 g/mol. The first-order valence-electron chi connectivity index (χ1n) is 10.7. The second-order valence-electron chi connectivity index (χ2n) is 7.73. The van der Waals surface area contributed by atoms with Crippen molar-refractivity contribution in [3.8, 4) is 11.4 Å². The number of hydrogen-bond acceptors (Lipinski definition) is 8. The summed E-state index contributed by atoms with van der Waals surface area (Å²) in [5.74, 6) is 1.19. The van der Waals surface area contributed by atoms with Crippen LogP contribution in [0.25, 0.3) is 5.69 Å². The number of nitro groups is 2. The molecule has 184 valence electrons. The van der Waals surface area contributed by atoms with Crippen molar-refractivity contribution in [2.75, 3.05) is 6.54 Å². The first-order valence-corrected chi connectivity index (χ1v) is 12.4. The summed E-state index contributed by atoms with van der Waals surface area (Å²) in [5, 5.41) is 30.9. The van der Waals surface area contributed by atoms with E-state index >= 15 is 0 Å². The topological polar surface area (TPSA) is 126 Å². The number of halogens is 1. The predicted octanol–water partition coefficient (Wildman–Crippen LogP) is 5.94. The third-order valence-electron chi connectivity index (χ3n) is 5.22. The highest BCUT2D eigenvalue weighted by Gasteiger charge is 2.24. The van der Waals surface area contributed by atoms with Crippen LogP contribution in [0, 0.1) is 27.2 Å². The van der Waals surface area contributed by atoms with E-state index in [-0.39, 0.29) is 23.8 Å². The minimum absolute atomic E-state index is 0.0104. The fraction of sp³-hybridized carbons (Fsp3) is 0.167. The van der Waals surface area contributed by atoms with Gasteiger partial charge in [-0.3, -0.25) is 24.8 Å². The van der Waals surface area contributed by atoms with E-state index < -0.39 is 10.2 Å². The molecule has 0 N–H and O–H groups in total. The molecule has 0 aliphatic carbocycles. The summed E-state index contributed by atoms with van der Waals surface area (Å²) in [6, 6.07) is 21.0. The molecule has 36 heavy (non-hydrogen) atoms. The fourth-order valence-electron chi connectivity index (χ4n) is 3.52. The molecule has 4 rings (SSSR count). The molecule has 0 bridgehead atoms. The Morgan fingerprint density at radius 2 is 1.81 bits per heavy atom. The number of benzene rings is 3. The van der Waals surface area contributed by atoms with Gasteiger partial charge in [-0.15, -0.1) is 10.2 Å². The summed E-state index contributed by atoms with van der Waals surface area (Å²) in [7, 11) is 0. The molecule has 0 unspecified atom stereocenters. The Hall–Kier alpha value is -3.77. The number of aryl methyl sites for hydroxylation is 1. The van der Waals surface area contributed by atoms with Gasteiger partial charge in [0.1, 0.15) is 23.4 Å². The molecule has 1 heterocycles. The molecule has 0 radical (unpaired) electrons. The lowest BCUT2D eigenvalue weighted by Crippen LogP contribution is -2.11. The summed E-state index contributed by atoms with van der Waals surface area (Å²) < 4.78 is 8.31. The lowest BCUT2D eigenvalue weighted by molar-refractivity contribution is -0.479. The molecule has 1 atom stereocenters. The van der Waals surface area contributed by atoms with Crippen LogP contribution in [-0.4, -0.2) is 31.2 Å². The van der Waals surface area contributed by atoms with Gasteiger partial charge in [0.05, 0.1) is 9.40 Å². The highest BCUT2D eigenvalue weighted by atomic mass is 79.9. The van der Waals surface area contributed by atoms with Crippen LogP contribution >= 0.6 is 27.7 Å². The highest BCUT2D eigenvalue weighted by molar-refractivity contribution is 9.10. The number of nitro benzene ring substituents is 1. The molecule has 0 saturated heterocycles. The maximum Gasteiger partial charge on any atom is 0.269 e. The van der Waals surface area contributed by atoms with Gasteiger partial charge in [0, 0.05) is 22.7 Å². The van der Waals surface area contributed by atoms with Gasteiger partial charge in [0.25, 0.3) is 5.69 Å². The summed E-state index contributed by atoms with van der Waals surface area (Å²) in [5.41, 5.74) is 2.22. The Bertz CT molecular complexity index is 1400. The molecule has 12 heteroatoms. The van der Waals surface area contributed by atoms with E-state index in [1.54, 1.807) is 30.3 Å². The zero-order valence-electron chi connectivity index (χ0n) is 19.0. The van der Waals surface area contributed by atoms with Gasteiger partial charge in [0.2, 0.25) is 6.54 Å². The van der Waals surface area contributed by atoms with Crippen molar-refractivity contribution < 1.29 is 14.6 Å². The number of ether oxygens (including phenoxy) is 1. The molecular weight excluding hydrogens is 550 g/mol. The average Bonchev–Trinajstić information content (AvgIpc) is 3.23. The van der Waals surface area contributed by atoms with E-state index in [0.717, 1.165) is 5.69 Å². The number of thioether (sulfide) groups is 1. The van der Waals surface area contributed by atoms with Crippen molar-refractivity contribution in [1.82, 2.24) is 14.8 Å².